The number of alkyl halides is 3. The van der Waals surface area contributed by atoms with E-state index in [1.807, 2.05) is 0 Å². The van der Waals surface area contributed by atoms with Crippen molar-refractivity contribution in [3.63, 3.8) is 0 Å². The Kier molecular flexibility index (Phi) is 7.82. The number of amides is 2. The summed E-state index contributed by atoms with van der Waals surface area (Å²) in [6, 6.07) is 3.06. The van der Waals surface area contributed by atoms with Gasteiger partial charge in [-0.3, -0.25) is 9.59 Å². The highest BCUT2D eigenvalue weighted by Gasteiger charge is 2.30. The van der Waals surface area contributed by atoms with E-state index < -0.39 is 35.6 Å². The second kappa shape index (κ2) is 9.59. The molecule has 2 amide bonds. The van der Waals surface area contributed by atoms with Crippen LogP contribution in [0.5, 0.6) is 0 Å². The van der Waals surface area contributed by atoms with Gasteiger partial charge in [0.05, 0.1) is 18.6 Å². The number of primary amides is 1. The third-order valence-corrected chi connectivity index (χ3v) is 3.24. The van der Waals surface area contributed by atoms with E-state index in [1.165, 1.54) is 18.2 Å². The Hall–Kier alpha value is -2.84. The van der Waals surface area contributed by atoms with E-state index in [0.29, 0.717) is 5.56 Å². The minimum atomic E-state index is -4.46. The summed E-state index contributed by atoms with van der Waals surface area (Å²) < 4.78 is 42.2. The molecular formula is C17H19F3N2O4. The maximum absolute atomic E-state index is 12.5. The first kappa shape index (κ1) is 21.2. The molecule has 1 aromatic carbocycles. The Balaban J connectivity index is 2.62. The summed E-state index contributed by atoms with van der Waals surface area (Å²) in [5.41, 5.74) is 4.72. The number of carbonyl (C=O) groups excluding carboxylic acids is 3. The standard InChI is InChI=1S/C17H19F3N2O4/c1-2-26-15(24)5-3-4-13(16(21)25)22-14(23)10-11-6-8-12(9-7-11)17(18,19)20/h3,5-9,13H,2,4,10H2,1H3,(H2,21,25)(H,22,23)/b5-3+/t13-/m1/s1. The molecule has 0 radical (unpaired) electrons. The van der Waals surface area contributed by atoms with Gasteiger partial charge in [-0.1, -0.05) is 18.2 Å². The monoisotopic (exact) mass is 372 g/mol. The lowest BCUT2D eigenvalue weighted by Crippen LogP contribution is -2.44. The van der Waals surface area contributed by atoms with Crippen LogP contribution in [0.25, 0.3) is 0 Å². The van der Waals surface area contributed by atoms with Crippen LogP contribution in [0.1, 0.15) is 24.5 Å². The predicted octanol–water partition coefficient (Wildman–Crippen LogP) is 1.73. The zero-order chi connectivity index (χ0) is 19.7. The molecule has 1 rings (SSSR count). The summed E-state index contributed by atoms with van der Waals surface area (Å²) in [5, 5.41) is 2.38. The van der Waals surface area contributed by atoms with Gasteiger partial charge in [-0.15, -0.1) is 0 Å². The van der Waals surface area contributed by atoms with Crippen molar-refractivity contribution in [1.29, 1.82) is 0 Å². The average molecular weight is 372 g/mol. The highest BCUT2D eigenvalue weighted by molar-refractivity contribution is 5.88. The Morgan fingerprint density at radius 3 is 2.35 bits per heavy atom. The lowest BCUT2D eigenvalue weighted by atomic mass is 10.1. The Labute approximate surface area is 148 Å². The van der Waals surface area contributed by atoms with Crippen molar-refractivity contribution in [1.82, 2.24) is 5.32 Å². The van der Waals surface area contributed by atoms with Crippen molar-refractivity contribution >= 4 is 17.8 Å². The second-order valence-corrected chi connectivity index (χ2v) is 5.28. The summed E-state index contributed by atoms with van der Waals surface area (Å²) in [6.07, 6.45) is -2.24. The highest BCUT2D eigenvalue weighted by atomic mass is 19.4. The molecule has 0 fully saturated rings. The van der Waals surface area contributed by atoms with E-state index in [2.05, 4.69) is 10.1 Å². The van der Waals surface area contributed by atoms with E-state index in [-0.39, 0.29) is 19.4 Å². The molecule has 26 heavy (non-hydrogen) atoms. The fourth-order valence-corrected chi connectivity index (χ4v) is 1.98. The molecule has 6 nitrogen and oxygen atoms in total. The Morgan fingerprint density at radius 1 is 1.23 bits per heavy atom. The van der Waals surface area contributed by atoms with Crippen LogP contribution in [0.15, 0.2) is 36.4 Å². The van der Waals surface area contributed by atoms with Crippen LogP contribution in [-0.2, 0) is 31.7 Å². The van der Waals surface area contributed by atoms with Gasteiger partial charge in [0, 0.05) is 6.08 Å². The molecule has 0 aliphatic rings. The second-order valence-electron chi connectivity index (χ2n) is 5.28. The Morgan fingerprint density at radius 2 is 1.85 bits per heavy atom. The molecule has 3 N–H and O–H groups in total. The number of nitrogens with one attached hydrogen (secondary N) is 1. The van der Waals surface area contributed by atoms with Gasteiger partial charge in [-0.25, -0.2) is 4.79 Å². The number of benzene rings is 1. The van der Waals surface area contributed by atoms with E-state index >= 15 is 0 Å². The first-order valence-corrected chi connectivity index (χ1v) is 7.71. The molecule has 0 bridgehead atoms. The number of ether oxygens (including phenoxy) is 1. The quantitative estimate of drug-likeness (QED) is 0.536. The largest absolute Gasteiger partial charge is 0.463 e. The van der Waals surface area contributed by atoms with Crippen molar-refractivity contribution in [3.05, 3.63) is 47.5 Å². The van der Waals surface area contributed by atoms with Crippen LogP contribution in [0.4, 0.5) is 13.2 Å². The first-order chi connectivity index (χ1) is 12.1. The van der Waals surface area contributed by atoms with Crippen LogP contribution in [0.3, 0.4) is 0 Å². The fourth-order valence-electron chi connectivity index (χ4n) is 1.98. The van der Waals surface area contributed by atoms with Crippen molar-refractivity contribution in [3.8, 4) is 0 Å². The number of rotatable bonds is 8. The van der Waals surface area contributed by atoms with Gasteiger partial charge >= 0.3 is 12.1 Å². The van der Waals surface area contributed by atoms with Crippen molar-refractivity contribution in [2.75, 3.05) is 6.61 Å². The third-order valence-electron chi connectivity index (χ3n) is 3.24. The van der Waals surface area contributed by atoms with E-state index in [9.17, 15) is 27.6 Å². The molecule has 0 saturated heterocycles. The normalized spacial score (nSPS) is 12.6. The maximum Gasteiger partial charge on any atom is 0.416 e. The van der Waals surface area contributed by atoms with Crippen molar-refractivity contribution in [2.45, 2.75) is 32.0 Å². The SMILES string of the molecule is CCOC(=O)/C=C/C[C@@H](NC(=O)Cc1ccc(C(F)(F)F)cc1)C(N)=O. The summed E-state index contributed by atoms with van der Waals surface area (Å²) in [5.74, 6) is -1.98. The van der Waals surface area contributed by atoms with Gasteiger partial charge in [-0.05, 0) is 31.0 Å². The molecule has 0 spiro atoms. The summed E-state index contributed by atoms with van der Waals surface area (Å²) in [6.45, 7) is 1.84. The van der Waals surface area contributed by atoms with Gasteiger partial charge in [0.25, 0.3) is 0 Å². The number of halogens is 3. The molecule has 0 unspecified atom stereocenters. The summed E-state index contributed by atoms with van der Waals surface area (Å²) in [7, 11) is 0. The van der Waals surface area contributed by atoms with Gasteiger partial charge < -0.3 is 15.8 Å². The minimum Gasteiger partial charge on any atom is -0.463 e. The smallest absolute Gasteiger partial charge is 0.416 e. The molecule has 0 aliphatic heterocycles. The number of carbonyl (C=O) groups is 3. The van der Waals surface area contributed by atoms with Gasteiger partial charge in [0.2, 0.25) is 11.8 Å². The number of hydrogen-bond acceptors (Lipinski definition) is 4. The number of esters is 1. The van der Waals surface area contributed by atoms with Gasteiger partial charge in [0.1, 0.15) is 6.04 Å². The van der Waals surface area contributed by atoms with Crippen LogP contribution in [0.2, 0.25) is 0 Å². The Bertz CT molecular complexity index is 670. The number of hydrogen-bond donors (Lipinski definition) is 2. The summed E-state index contributed by atoms with van der Waals surface area (Å²) in [4.78, 5) is 34.5. The van der Waals surface area contributed by atoms with Crippen molar-refractivity contribution < 1.29 is 32.3 Å². The lowest BCUT2D eigenvalue weighted by molar-refractivity contribution is -0.138. The van der Waals surface area contributed by atoms with Crippen LogP contribution in [0, 0.1) is 0 Å². The molecule has 0 aliphatic carbocycles. The third kappa shape index (κ3) is 7.37. The zero-order valence-corrected chi connectivity index (χ0v) is 14.0. The molecule has 0 aromatic heterocycles. The van der Waals surface area contributed by atoms with E-state index in [4.69, 9.17) is 5.73 Å². The summed E-state index contributed by atoms with van der Waals surface area (Å²) >= 11 is 0. The molecular weight excluding hydrogens is 353 g/mol. The maximum atomic E-state index is 12.5. The fraction of sp³-hybridized carbons (Fsp3) is 0.353. The van der Waals surface area contributed by atoms with Crippen LogP contribution in [-0.4, -0.2) is 30.4 Å². The predicted molar refractivity (Wildman–Crippen MR) is 86.7 cm³/mol. The molecule has 142 valence electrons. The van der Waals surface area contributed by atoms with Gasteiger partial charge in [-0.2, -0.15) is 13.2 Å². The minimum absolute atomic E-state index is 0.0209. The average Bonchev–Trinajstić information content (AvgIpc) is 2.53. The molecule has 0 saturated carbocycles. The molecule has 1 atom stereocenters. The first-order valence-electron chi connectivity index (χ1n) is 7.71. The van der Waals surface area contributed by atoms with E-state index in [0.717, 1.165) is 18.2 Å². The van der Waals surface area contributed by atoms with Crippen molar-refractivity contribution in [2.24, 2.45) is 5.73 Å². The zero-order valence-electron chi connectivity index (χ0n) is 14.0. The van der Waals surface area contributed by atoms with E-state index in [1.54, 1.807) is 6.92 Å². The molecule has 1 aromatic rings. The highest BCUT2D eigenvalue weighted by Crippen LogP contribution is 2.29. The van der Waals surface area contributed by atoms with Gasteiger partial charge in [0.15, 0.2) is 0 Å². The number of nitrogens with two attached hydrogens (primary N) is 1. The van der Waals surface area contributed by atoms with Crippen LogP contribution < -0.4 is 11.1 Å². The van der Waals surface area contributed by atoms with Crippen LogP contribution >= 0.6 is 0 Å². The molecule has 9 heteroatoms. The lowest BCUT2D eigenvalue weighted by Gasteiger charge is -2.14. The molecule has 0 heterocycles. The topological polar surface area (TPSA) is 98.5 Å².